The monoisotopic (exact) mass is 312 g/mol. The Balaban J connectivity index is 1.84. The van der Waals surface area contributed by atoms with Crippen LogP contribution in [0.3, 0.4) is 0 Å². The van der Waals surface area contributed by atoms with E-state index in [1.807, 2.05) is 19.1 Å². The highest BCUT2D eigenvalue weighted by atomic mass is 16.5. The molecule has 1 aromatic heterocycles. The summed E-state index contributed by atoms with van der Waals surface area (Å²) in [4.78, 5) is 2.31. The number of hydrogen-bond acceptors (Lipinski definition) is 6. The zero-order valence-electron chi connectivity index (χ0n) is 13.6. The van der Waals surface area contributed by atoms with E-state index in [1.165, 1.54) is 0 Å². The molecule has 0 amide bonds. The van der Waals surface area contributed by atoms with Crippen LogP contribution in [0.1, 0.15) is 30.8 Å². The van der Waals surface area contributed by atoms with Crippen LogP contribution in [0.15, 0.2) is 18.2 Å². The number of nitriles is 1. The van der Waals surface area contributed by atoms with Crippen molar-refractivity contribution in [3.05, 3.63) is 35.2 Å². The minimum absolute atomic E-state index is 0.208. The van der Waals surface area contributed by atoms with Crippen molar-refractivity contribution >= 4 is 0 Å². The summed E-state index contributed by atoms with van der Waals surface area (Å²) in [6.07, 6.45) is 0.416. The number of benzene rings is 1. The second kappa shape index (κ2) is 6.44. The Kier molecular flexibility index (Phi) is 4.37. The van der Waals surface area contributed by atoms with E-state index in [4.69, 9.17) is 10.00 Å². The average Bonchev–Trinajstić information content (AvgIpc) is 2.94. The second-order valence-corrected chi connectivity index (χ2v) is 6.07. The minimum atomic E-state index is 0.208. The van der Waals surface area contributed by atoms with E-state index in [9.17, 15) is 0 Å². The van der Waals surface area contributed by atoms with E-state index < -0.39 is 0 Å². The van der Waals surface area contributed by atoms with Gasteiger partial charge in [0.15, 0.2) is 5.82 Å². The topological polar surface area (TPSA) is 79.9 Å². The summed E-state index contributed by atoms with van der Waals surface area (Å²) in [5.74, 6) is 0.791. The quantitative estimate of drug-likeness (QED) is 0.853. The summed E-state index contributed by atoms with van der Waals surface area (Å²) in [6.45, 7) is 8.52. The molecular formula is C16H20N6O. The van der Waals surface area contributed by atoms with Crippen LogP contribution in [-0.4, -0.2) is 50.4 Å². The molecule has 1 unspecified atom stereocenters. The Bertz CT molecular complexity index is 724. The van der Waals surface area contributed by atoms with Gasteiger partial charge in [0.2, 0.25) is 0 Å². The van der Waals surface area contributed by atoms with Crippen molar-refractivity contribution in [2.45, 2.75) is 39.5 Å². The summed E-state index contributed by atoms with van der Waals surface area (Å²) in [6, 6.07) is 7.67. The third kappa shape index (κ3) is 3.38. The first-order valence-corrected chi connectivity index (χ1v) is 7.73. The number of nitrogens with zero attached hydrogens (tertiary/aromatic N) is 6. The first-order valence-electron chi connectivity index (χ1n) is 7.73. The third-order valence-electron chi connectivity index (χ3n) is 3.95. The van der Waals surface area contributed by atoms with Gasteiger partial charge in [-0.05, 0) is 55.0 Å². The number of aromatic nitrogens is 4. The van der Waals surface area contributed by atoms with Crippen LogP contribution in [0.25, 0.3) is 5.69 Å². The van der Waals surface area contributed by atoms with E-state index in [0.29, 0.717) is 12.1 Å². The van der Waals surface area contributed by atoms with Gasteiger partial charge in [0.1, 0.15) is 0 Å². The van der Waals surface area contributed by atoms with Crippen LogP contribution in [0.5, 0.6) is 0 Å². The molecule has 0 spiro atoms. The fraction of sp³-hybridized carbons (Fsp3) is 0.500. The minimum Gasteiger partial charge on any atom is -0.373 e. The molecule has 0 N–H and O–H groups in total. The van der Waals surface area contributed by atoms with E-state index in [-0.39, 0.29) is 12.2 Å². The fourth-order valence-corrected chi connectivity index (χ4v) is 3.07. The van der Waals surface area contributed by atoms with Gasteiger partial charge in [0.25, 0.3) is 0 Å². The van der Waals surface area contributed by atoms with E-state index in [2.05, 4.69) is 40.3 Å². The lowest BCUT2D eigenvalue weighted by atomic mass is 10.1. The van der Waals surface area contributed by atoms with E-state index in [0.717, 1.165) is 30.2 Å². The summed E-state index contributed by atoms with van der Waals surface area (Å²) in [7, 11) is 0. The molecule has 1 aliphatic rings. The van der Waals surface area contributed by atoms with Gasteiger partial charge in [-0.3, -0.25) is 4.90 Å². The highest BCUT2D eigenvalue weighted by Crippen LogP contribution is 2.18. The van der Waals surface area contributed by atoms with Crippen LogP contribution in [0.4, 0.5) is 0 Å². The number of ether oxygens (including phenoxy) is 1. The molecule has 7 nitrogen and oxygen atoms in total. The van der Waals surface area contributed by atoms with Gasteiger partial charge in [-0.15, -0.1) is 5.10 Å². The lowest BCUT2D eigenvalue weighted by molar-refractivity contribution is -0.0712. The molecule has 2 aromatic rings. The molecule has 3 rings (SSSR count). The molecule has 7 heteroatoms. The maximum Gasteiger partial charge on any atom is 0.170 e. The van der Waals surface area contributed by atoms with Crippen molar-refractivity contribution in [2.75, 3.05) is 13.1 Å². The number of rotatable bonds is 3. The zero-order chi connectivity index (χ0) is 16.4. The van der Waals surface area contributed by atoms with Crippen LogP contribution in [0, 0.1) is 18.3 Å². The first-order chi connectivity index (χ1) is 11.1. The molecule has 120 valence electrons. The molecular weight excluding hydrogens is 292 g/mol. The van der Waals surface area contributed by atoms with Crippen LogP contribution >= 0.6 is 0 Å². The van der Waals surface area contributed by atoms with Crippen molar-refractivity contribution in [1.82, 2.24) is 25.1 Å². The van der Waals surface area contributed by atoms with Gasteiger partial charge in [0, 0.05) is 13.1 Å². The predicted molar refractivity (Wildman–Crippen MR) is 83.9 cm³/mol. The molecule has 1 aromatic carbocycles. The Morgan fingerprint density at radius 1 is 1.30 bits per heavy atom. The third-order valence-corrected chi connectivity index (χ3v) is 3.95. The average molecular weight is 312 g/mol. The summed E-state index contributed by atoms with van der Waals surface area (Å²) in [5, 5.41) is 21.1. The Morgan fingerprint density at radius 2 is 2.04 bits per heavy atom. The molecule has 1 saturated heterocycles. The van der Waals surface area contributed by atoms with Gasteiger partial charge < -0.3 is 4.74 Å². The fourth-order valence-electron chi connectivity index (χ4n) is 3.07. The standard InChI is InChI=1S/C16H20N6O/c1-11-6-14(7-17)4-5-15(11)22-16(18-19-20-22)10-21-8-12(2)23-13(3)9-21/h4-6,12-13H,8-10H2,1-3H3/t12-,13?/m0/s1. The summed E-state index contributed by atoms with van der Waals surface area (Å²) >= 11 is 0. The van der Waals surface area contributed by atoms with Crippen molar-refractivity contribution in [3.63, 3.8) is 0 Å². The van der Waals surface area contributed by atoms with Gasteiger partial charge in [-0.2, -0.15) is 9.94 Å². The lowest BCUT2D eigenvalue weighted by Gasteiger charge is -2.34. The largest absolute Gasteiger partial charge is 0.373 e. The Hall–Kier alpha value is -2.30. The SMILES string of the molecule is Cc1cc(C#N)ccc1-n1nnnc1CN1CC(C)O[C@@H](C)C1. The van der Waals surface area contributed by atoms with Crippen molar-refractivity contribution in [1.29, 1.82) is 5.26 Å². The van der Waals surface area contributed by atoms with Crippen molar-refractivity contribution in [3.8, 4) is 11.8 Å². The van der Waals surface area contributed by atoms with E-state index in [1.54, 1.807) is 10.7 Å². The highest BCUT2D eigenvalue weighted by Gasteiger charge is 2.24. The smallest absolute Gasteiger partial charge is 0.170 e. The maximum absolute atomic E-state index is 8.99. The normalized spacial score (nSPS) is 22.0. The van der Waals surface area contributed by atoms with Gasteiger partial charge in [-0.1, -0.05) is 0 Å². The maximum atomic E-state index is 8.99. The number of morpholine rings is 1. The van der Waals surface area contributed by atoms with Crippen LogP contribution in [-0.2, 0) is 11.3 Å². The molecule has 1 fully saturated rings. The van der Waals surface area contributed by atoms with Gasteiger partial charge >= 0.3 is 0 Å². The van der Waals surface area contributed by atoms with Crippen molar-refractivity contribution in [2.24, 2.45) is 0 Å². The Labute approximate surface area is 135 Å². The number of hydrogen-bond donors (Lipinski definition) is 0. The van der Waals surface area contributed by atoms with Crippen LogP contribution in [0.2, 0.25) is 0 Å². The lowest BCUT2D eigenvalue weighted by Crippen LogP contribution is -2.45. The Morgan fingerprint density at radius 3 is 2.70 bits per heavy atom. The number of aryl methyl sites for hydroxylation is 1. The molecule has 0 bridgehead atoms. The molecule has 0 saturated carbocycles. The summed E-state index contributed by atoms with van der Waals surface area (Å²) < 4.78 is 7.52. The van der Waals surface area contributed by atoms with Gasteiger partial charge in [-0.25, -0.2) is 0 Å². The summed E-state index contributed by atoms with van der Waals surface area (Å²) in [5.41, 5.74) is 2.51. The van der Waals surface area contributed by atoms with Crippen LogP contribution < -0.4 is 0 Å². The number of tetrazole rings is 1. The molecule has 0 radical (unpaired) electrons. The predicted octanol–water partition coefficient (Wildman–Crippen LogP) is 1.45. The zero-order valence-corrected chi connectivity index (χ0v) is 13.6. The second-order valence-electron chi connectivity index (χ2n) is 6.07. The molecule has 1 aliphatic heterocycles. The van der Waals surface area contributed by atoms with E-state index >= 15 is 0 Å². The molecule has 0 aliphatic carbocycles. The van der Waals surface area contributed by atoms with Gasteiger partial charge in [0.05, 0.1) is 36.1 Å². The molecule has 2 heterocycles. The van der Waals surface area contributed by atoms with Crippen molar-refractivity contribution < 1.29 is 4.74 Å². The molecule has 2 atom stereocenters. The first kappa shape index (κ1) is 15.6. The molecule has 23 heavy (non-hydrogen) atoms. The highest BCUT2D eigenvalue weighted by molar-refractivity contribution is 5.45.